The molecule has 2 aromatic rings. The van der Waals surface area contributed by atoms with Crippen LogP contribution in [-0.4, -0.2) is 41.2 Å². The number of hydrogen-bond acceptors (Lipinski definition) is 5. The molecule has 0 saturated carbocycles. The van der Waals surface area contributed by atoms with Gasteiger partial charge in [0.2, 0.25) is 5.89 Å². The van der Waals surface area contributed by atoms with Crippen molar-refractivity contribution in [2.75, 3.05) is 13.1 Å². The van der Waals surface area contributed by atoms with Crippen molar-refractivity contribution in [2.45, 2.75) is 32.6 Å². The summed E-state index contributed by atoms with van der Waals surface area (Å²) in [4.78, 5) is 19.3. The van der Waals surface area contributed by atoms with E-state index >= 15 is 0 Å². The molecule has 0 aromatic carbocycles. The number of urea groups is 1. The molecule has 1 aliphatic heterocycles. The monoisotopic (exact) mass is 321 g/mol. The standard InChI is InChI=1S/C15H19N3O3S/c1-10-7-18(8-11(2)21-10)15(19)16-6-12-9-20-14(17-12)13-4-3-5-22-13/h3-5,9-11H,6-8H2,1-2H3,(H,16,19)/t10-,11+. The summed E-state index contributed by atoms with van der Waals surface area (Å²) < 4.78 is 11.1. The highest BCUT2D eigenvalue weighted by Crippen LogP contribution is 2.23. The number of carbonyl (C=O) groups excluding carboxylic acids is 1. The van der Waals surface area contributed by atoms with Crippen LogP contribution in [0.5, 0.6) is 0 Å². The van der Waals surface area contributed by atoms with Crippen LogP contribution in [0, 0.1) is 0 Å². The molecule has 0 bridgehead atoms. The third kappa shape index (κ3) is 3.48. The van der Waals surface area contributed by atoms with E-state index in [4.69, 9.17) is 9.15 Å². The number of thiophene rings is 1. The number of ether oxygens (including phenoxy) is 1. The zero-order valence-electron chi connectivity index (χ0n) is 12.6. The molecule has 1 fully saturated rings. The van der Waals surface area contributed by atoms with Crippen molar-refractivity contribution in [1.82, 2.24) is 15.2 Å². The Morgan fingerprint density at radius 2 is 2.23 bits per heavy atom. The Labute approximate surface area is 133 Å². The number of rotatable bonds is 3. The number of hydrogen-bond donors (Lipinski definition) is 1. The van der Waals surface area contributed by atoms with Gasteiger partial charge in [-0.2, -0.15) is 0 Å². The lowest BCUT2D eigenvalue weighted by molar-refractivity contribution is -0.0545. The van der Waals surface area contributed by atoms with E-state index in [1.54, 1.807) is 22.5 Å². The Morgan fingerprint density at radius 1 is 1.45 bits per heavy atom. The molecule has 0 radical (unpaired) electrons. The van der Waals surface area contributed by atoms with Crippen LogP contribution in [-0.2, 0) is 11.3 Å². The molecule has 1 saturated heterocycles. The van der Waals surface area contributed by atoms with Gasteiger partial charge < -0.3 is 19.4 Å². The summed E-state index contributed by atoms with van der Waals surface area (Å²) in [7, 11) is 0. The highest BCUT2D eigenvalue weighted by Gasteiger charge is 2.25. The third-order valence-corrected chi connectivity index (χ3v) is 4.27. The predicted octanol–water partition coefficient (Wildman–Crippen LogP) is 2.72. The average molecular weight is 321 g/mol. The Kier molecular flexibility index (Phi) is 4.44. The SMILES string of the molecule is C[C@@H]1CN(C(=O)NCc2coc(-c3cccs3)n2)C[C@H](C)O1. The number of nitrogens with zero attached hydrogens (tertiary/aromatic N) is 2. The van der Waals surface area contributed by atoms with Gasteiger partial charge in [0.15, 0.2) is 0 Å². The van der Waals surface area contributed by atoms with Crippen LogP contribution in [0.25, 0.3) is 10.8 Å². The Hall–Kier alpha value is -1.86. The molecular formula is C15H19N3O3S. The van der Waals surface area contributed by atoms with Crippen molar-refractivity contribution < 1.29 is 13.9 Å². The smallest absolute Gasteiger partial charge is 0.317 e. The fourth-order valence-corrected chi connectivity index (χ4v) is 3.18. The van der Waals surface area contributed by atoms with Gasteiger partial charge in [-0.05, 0) is 25.3 Å². The minimum Gasteiger partial charge on any atom is -0.443 e. The Balaban J connectivity index is 1.55. The first-order valence-corrected chi connectivity index (χ1v) is 8.16. The van der Waals surface area contributed by atoms with Gasteiger partial charge in [-0.1, -0.05) is 6.07 Å². The Bertz CT molecular complexity index is 616. The van der Waals surface area contributed by atoms with Gasteiger partial charge in [-0.3, -0.25) is 0 Å². The topological polar surface area (TPSA) is 67.6 Å². The van der Waals surface area contributed by atoms with E-state index in [2.05, 4.69) is 10.3 Å². The van der Waals surface area contributed by atoms with Gasteiger partial charge in [0.1, 0.15) is 6.26 Å². The van der Waals surface area contributed by atoms with Crippen molar-refractivity contribution in [3.63, 3.8) is 0 Å². The van der Waals surface area contributed by atoms with E-state index in [0.29, 0.717) is 31.2 Å². The minimum atomic E-state index is -0.0947. The van der Waals surface area contributed by atoms with E-state index < -0.39 is 0 Å². The summed E-state index contributed by atoms with van der Waals surface area (Å²) in [5, 5.41) is 4.85. The molecule has 7 heteroatoms. The molecule has 0 unspecified atom stereocenters. The average Bonchev–Trinajstić information content (AvgIpc) is 3.14. The summed E-state index contributed by atoms with van der Waals surface area (Å²) >= 11 is 1.57. The van der Waals surface area contributed by atoms with Gasteiger partial charge in [0.05, 0.1) is 29.3 Å². The van der Waals surface area contributed by atoms with Crippen LogP contribution in [0.15, 0.2) is 28.2 Å². The van der Waals surface area contributed by atoms with Crippen molar-refractivity contribution in [1.29, 1.82) is 0 Å². The molecule has 1 aliphatic rings. The Morgan fingerprint density at radius 3 is 2.91 bits per heavy atom. The molecule has 2 atom stereocenters. The van der Waals surface area contributed by atoms with E-state index in [1.165, 1.54) is 0 Å². The quantitative estimate of drug-likeness (QED) is 0.944. The van der Waals surface area contributed by atoms with Crippen molar-refractivity contribution in [3.8, 4) is 10.8 Å². The molecule has 118 valence electrons. The molecule has 3 heterocycles. The fraction of sp³-hybridized carbons (Fsp3) is 0.467. The predicted molar refractivity (Wildman–Crippen MR) is 83.6 cm³/mol. The summed E-state index contributed by atoms with van der Waals surface area (Å²) in [6.45, 7) is 5.51. The summed E-state index contributed by atoms with van der Waals surface area (Å²) in [6, 6.07) is 3.81. The zero-order valence-corrected chi connectivity index (χ0v) is 13.4. The lowest BCUT2D eigenvalue weighted by Gasteiger charge is -2.35. The van der Waals surface area contributed by atoms with Crippen LogP contribution in [0.4, 0.5) is 4.79 Å². The molecule has 2 aromatic heterocycles. The van der Waals surface area contributed by atoms with Gasteiger partial charge in [-0.15, -0.1) is 11.3 Å². The number of oxazole rings is 1. The minimum absolute atomic E-state index is 0.0620. The van der Waals surface area contributed by atoms with Gasteiger partial charge in [-0.25, -0.2) is 9.78 Å². The van der Waals surface area contributed by atoms with Crippen molar-refractivity contribution in [3.05, 3.63) is 29.5 Å². The maximum Gasteiger partial charge on any atom is 0.317 e. The number of carbonyl (C=O) groups is 1. The second-order valence-corrected chi connectivity index (χ2v) is 6.39. The van der Waals surface area contributed by atoms with Gasteiger partial charge in [0, 0.05) is 13.1 Å². The van der Waals surface area contributed by atoms with Crippen molar-refractivity contribution in [2.24, 2.45) is 0 Å². The first-order valence-electron chi connectivity index (χ1n) is 7.28. The highest BCUT2D eigenvalue weighted by atomic mass is 32.1. The number of nitrogens with one attached hydrogen (secondary N) is 1. The molecule has 0 aliphatic carbocycles. The van der Waals surface area contributed by atoms with E-state index in [-0.39, 0.29) is 18.2 Å². The largest absolute Gasteiger partial charge is 0.443 e. The second kappa shape index (κ2) is 6.50. The van der Waals surface area contributed by atoms with Crippen LogP contribution in [0.3, 0.4) is 0 Å². The maximum absolute atomic E-state index is 12.2. The van der Waals surface area contributed by atoms with Crippen LogP contribution < -0.4 is 5.32 Å². The van der Waals surface area contributed by atoms with E-state index in [9.17, 15) is 4.79 Å². The molecule has 6 nitrogen and oxygen atoms in total. The number of morpholine rings is 1. The first-order chi connectivity index (χ1) is 10.6. The molecule has 22 heavy (non-hydrogen) atoms. The van der Waals surface area contributed by atoms with Crippen LogP contribution in [0.1, 0.15) is 19.5 Å². The molecule has 3 rings (SSSR count). The van der Waals surface area contributed by atoms with Gasteiger partial charge in [0.25, 0.3) is 0 Å². The third-order valence-electron chi connectivity index (χ3n) is 3.41. The van der Waals surface area contributed by atoms with Crippen LogP contribution in [0.2, 0.25) is 0 Å². The summed E-state index contributed by atoms with van der Waals surface area (Å²) in [6.07, 6.45) is 1.71. The van der Waals surface area contributed by atoms with E-state index in [1.807, 2.05) is 31.4 Å². The lowest BCUT2D eigenvalue weighted by atomic mass is 10.2. The zero-order chi connectivity index (χ0) is 15.5. The van der Waals surface area contributed by atoms with Crippen LogP contribution >= 0.6 is 11.3 Å². The molecule has 0 spiro atoms. The lowest BCUT2D eigenvalue weighted by Crippen LogP contribution is -2.51. The maximum atomic E-state index is 12.2. The first kappa shape index (κ1) is 15.1. The number of amides is 2. The fourth-order valence-electron chi connectivity index (χ4n) is 2.52. The highest BCUT2D eigenvalue weighted by molar-refractivity contribution is 7.13. The van der Waals surface area contributed by atoms with Gasteiger partial charge >= 0.3 is 6.03 Å². The second-order valence-electron chi connectivity index (χ2n) is 5.44. The number of aromatic nitrogens is 1. The summed E-state index contributed by atoms with van der Waals surface area (Å²) in [5.41, 5.74) is 0.714. The van der Waals surface area contributed by atoms with E-state index in [0.717, 1.165) is 4.88 Å². The molecule has 1 N–H and O–H groups in total. The normalized spacial score (nSPS) is 21.8. The molecule has 2 amide bonds. The molecular weight excluding hydrogens is 302 g/mol. The summed E-state index contributed by atoms with van der Waals surface area (Å²) in [5.74, 6) is 0.591. The van der Waals surface area contributed by atoms with Crippen molar-refractivity contribution >= 4 is 17.4 Å².